The van der Waals surface area contributed by atoms with Gasteiger partial charge in [-0.2, -0.15) is 0 Å². The first-order valence-corrected chi connectivity index (χ1v) is 6.89. The number of aromatic hydroxyl groups is 1. The van der Waals surface area contributed by atoms with Gasteiger partial charge in [0.05, 0.1) is 4.90 Å². The molecule has 1 saturated carbocycles. The van der Waals surface area contributed by atoms with E-state index in [4.69, 9.17) is 5.11 Å². The topological polar surface area (TPSA) is 104 Å². The molecule has 0 aliphatic heterocycles. The Morgan fingerprint density at radius 2 is 2.00 bits per heavy atom. The molecular weight excluding hydrogens is 258 g/mol. The van der Waals surface area contributed by atoms with Gasteiger partial charge in [-0.05, 0) is 37.5 Å². The highest BCUT2D eigenvalue weighted by molar-refractivity contribution is 7.89. The fourth-order valence-electron chi connectivity index (χ4n) is 1.62. The third-order valence-corrected chi connectivity index (χ3v) is 4.37. The Hall–Kier alpha value is -1.60. The average molecular weight is 271 g/mol. The highest BCUT2D eigenvalue weighted by Crippen LogP contribution is 2.27. The second kappa shape index (κ2) is 4.25. The summed E-state index contributed by atoms with van der Waals surface area (Å²) in [6.45, 7) is 1.51. The van der Waals surface area contributed by atoms with Gasteiger partial charge in [0.25, 0.3) is 0 Å². The van der Waals surface area contributed by atoms with Gasteiger partial charge in [-0.1, -0.05) is 0 Å². The Bertz CT molecular complexity index is 604. The van der Waals surface area contributed by atoms with E-state index in [2.05, 4.69) is 4.72 Å². The van der Waals surface area contributed by atoms with E-state index in [0.29, 0.717) is 5.56 Å². The molecule has 98 valence electrons. The van der Waals surface area contributed by atoms with E-state index in [9.17, 15) is 18.3 Å². The molecule has 1 aromatic rings. The van der Waals surface area contributed by atoms with Crippen LogP contribution in [-0.4, -0.2) is 30.6 Å². The molecule has 0 unspecified atom stereocenters. The summed E-state index contributed by atoms with van der Waals surface area (Å²) in [4.78, 5) is 10.8. The minimum absolute atomic E-state index is 0.0588. The van der Waals surface area contributed by atoms with Crippen molar-refractivity contribution in [2.45, 2.75) is 30.7 Å². The number of benzene rings is 1. The zero-order chi connectivity index (χ0) is 13.5. The monoisotopic (exact) mass is 271 g/mol. The van der Waals surface area contributed by atoms with Gasteiger partial charge in [0.15, 0.2) is 0 Å². The van der Waals surface area contributed by atoms with E-state index in [1.165, 1.54) is 6.92 Å². The van der Waals surface area contributed by atoms with Crippen LogP contribution in [0.25, 0.3) is 0 Å². The number of rotatable bonds is 4. The van der Waals surface area contributed by atoms with Gasteiger partial charge in [-0.25, -0.2) is 17.9 Å². The van der Waals surface area contributed by atoms with E-state index in [-0.39, 0.29) is 10.9 Å². The van der Waals surface area contributed by atoms with Crippen LogP contribution in [0.2, 0.25) is 0 Å². The predicted molar refractivity (Wildman–Crippen MR) is 63.1 cm³/mol. The summed E-state index contributed by atoms with van der Waals surface area (Å²) in [5.41, 5.74) is -0.109. The predicted octanol–water partition coefficient (Wildman–Crippen LogP) is 0.840. The van der Waals surface area contributed by atoms with Crippen molar-refractivity contribution in [3.63, 3.8) is 0 Å². The number of hydrogen-bond acceptors (Lipinski definition) is 4. The molecule has 0 radical (unpaired) electrons. The van der Waals surface area contributed by atoms with Crippen molar-refractivity contribution in [1.82, 2.24) is 4.72 Å². The Labute approximate surface area is 104 Å². The van der Waals surface area contributed by atoms with Crippen molar-refractivity contribution in [2.75, 3.05) is 0 Å². The number of sulfonamides is 1. The molecule has 7 heteroatoms. The summed E-state index contributed by atoms with van der Waals surface area (Å²) in [5.74, 6) is -1.80. The normalized spacial score (nSPS) is 15.6. The van der Waals surface area contributed by atoms with Crippen LogP contribution in [0.5, 0.6) is 5.75 Å². The fourth-order valence-corrected chi connectivity index (χ4v) is 3.18. The highest BCUT2D eigenvalue weighted by Gasteiger charge is 2.29. The molecule has 0 amide bonds. The molecule has 6 nitrogen and oxygen atoms in total. The van der Waals surface area contributed by atoms with Crippen LogP contribution in [0, 0.1) is 6.92 Å². The molecule has 0 aromatic heterocycles. The molecule has 0 atom stereocenters. The third-order valence-electron chi connectivity index (χ3n) is 2.71. The van der Waals surface area contributed by atoms with E-state index >= 15 is 0 Å². The van der Waals surface area contributed by atoms with Crippen LogP contribution in [0.15, 0.2) is 17.0 Å². The molecule has 1 aliphatic rings. The molecule has 0 saturated heterocycles. The summed E-state index contributed by atoms with van der Waals surface area (Å²) < 4.78 is 26.5. The second-order valence-corrected chi connectivity index (χ2v) is 6.02. The van der Waals surface area contributed by atoms with E-state index in [1.54, 1.807) is 0 Å². The molecule has 1 fully saturated rings. The van der Waals surface area contributed by atoms with Gasteiger partial charge in [0.2, 0.25) is 10.0 Å². The molecule has 2 rings (SSSR count). The van der Waals surface area contributed by atoms with Crippen LogP contribution in [-0.2, 0) is 10.0 Å². The number of carboxylic acid groups (broad SMARTS) is 1. The minimum atomic E-state index is -3.72. The fraction of sp³-hybridized carbons (Fsp3) is 0.364. The molecule has 0 heterocycles. The average Bonchev–Trinajstić information content (AvgIpc) is 2.99. The molecule has 1 aromatic carbocycles. The largest absolute Gasteiger partial charge is 0.507 e. The van der Waals surface area contributed by atoms with E-state index < -0.39 is 27.3 Å². The number of aryl methyl sites for hydroxylation is 1. The van der Waals surface area contributed by atoms with Crippen LogP contribution in [0.4, 0.5) is 0 Å². The number of carboxylic acids is 1. The Kier molecular flexibility index (Phi) is 3.04. The second-order valence-electron chi connectivity index (χ2n) is 4.34. The molecular formula is C11H13NO5S. The van der Waals surface area contributed by atoms with Gasteiger partial charge in [0.1, 0.15) is 11.3 Å². The Morgan fingerprint density at radius 1 is 1.39 bits per heavy atom. The third kappa shape index (κ3) is 2.46. The first-order chi connectivity index (χ1) is 8.31. The lowest BCUT2D eigenvalue weighted by Gasteiger charge is -2.10. The molecule has 1 aliphatic carbocycles. The van der Waals surface area contributed by atoms with E-state index in [1.807, 2.05) is 0 Å². The maximum Gasteiger partial charge on any atom is 0.339 e. The van der Waals surface area contributed by atoms with Crippen molar-refractivity contribution >= 4 is 16.0 Å². The summed E-state index contributed by atoms with van der Waals surface area (Å²) in [6.07, 6.45) is 1.59. The lowest BCUT2D eigenvalue weighted by Crippen LogP contribution is -2.26. The minimum Gasteiger partial charge on any atom is -0.507 e. The van der Waals surface area contributed by atoms with Gasteiger partial charge in [0, 0.05) is 6.04 Å². The maximum absolute atomic E-state index is 12.0. The van der Waals surface area contributed by atoms with Gasteiger partial charge in [-0.3, -0.25) is 0 Å². The summed E-state index contributed by atoms with van der Waals surface area (Å²) in [7, 11) is -3.72. The molecule has 3 N–H and O–H groups in total. The molecule has 0 bridgehead atoms. The van der Waals surface area contributed by atoms with E-state index in [0.717, 1.165) is 25.0 Å². The van der Waals surface area contributed by atoms with Crippen molar-refractivity contribution in [3.05, 3.63) is 23.3 Å². The maximum atomic E-state index is 12.0. The summed E-state index contributed by atoms with van der Waals surface area (Å²) in [6, 6.07) is 2.07. The standard InChI is InChI=1S/C11H13NO5S/c1-6-4-9(13)8(11(14)15)5-10(6)18(16,17)12-7-2-3-7/h4-5,7,12-13H,2-3H2,1H3,(H,14,15). The number of phenols is 1. The van der Waals surface area contributed by atoms with Crippen molar-refractivity contribution in [1.29, 1.82) is 0 Å². The van der Waals surface area contributed by atoms with Crippen LogP contribution in [0.3, 0.4) is 0 Å². The summed E-state index contributed by atoms with van der Waals surface area (Å²) in [5, 5.41) is 18.3. The SMILES string of the molecule is Cc1cc(O)c(C(=O)O)cc1S(=O)(=O)NC1CC1. The first-order valence-electron chi connectivity index (χ1n) is 5.40. The number of aromatic carboxylic acids is 1. The zero-order valence-electron chi connectivity index (χ0n) is 9.67. The van der Waals surface area contributed by atoms with Crippen molar-refractivity contribution in [3.8, 4) is 5.75 Å². The number of nitrogens with one attached hydrogen (secondary N) is 1. The number of carbonyl (C=O) groups is 1. The van der Waals surface area contributed by atoms with Gasteiger partial charge in [-0.15, -0.1) is 0 Å². The highest BCUT2D eigenvalue weighted by atomic mass is 32.2. The molecule has 0 spiro atoms. The Morgan fingerprint density at radius 3 is 2.50 bits per heavy atom. The quantitative estimate of drug-likeness (QED) is 0.752. The van der Waals surface area contributed by atoms with Gasteiger partial charge >= 0.3 is 5.97 Å². The van der Waals surface area contributed by atoms with Crippen LogP contribution < -0.4 is 4.72 Å². The lowest BCUT2D eigenvalue weighted by atomic mass is 10.1. The van der Waals surface area contributed by atoms with Crippen LogP contribution in [0.1, 0.15) is 28.8 Å². The first kappa shape index (κ1) is 12.8. The van der Waals surface area contributed by atoms with Crippen molar-refractivity contribution in [2.24, 2.45) is 0 Å². The number of hydrogen-bond donors (Lipinski definition) is 3. The summed E-state index contributed by atoms with van der Waals surface area (Å²) >= 11 is 0. The Balaban J connectivity index is 2.49. The smallest absolute Gasteiger partial charge is 0.339 e. The van der Waals surface area contributed by atoms with Crippen molar-refractivity contribution < 1.29 is 23.4 Å². The molecule has 18 heavy (non-hydrogen) atoms. The van der Waals surface area contributed by atoms with Crippen LogP contribution >= 0.6 is 0 Å². The van der Waals surface area contributed by atoms with Gasteiger partial charge < -0.3 is 10.2 Å². The zero-order valence-corrected chi connectivity index (χ0v) is 10.5. The lowest BCUT2D eigenvalue weighted by molar-refractivity contribution is 0.0693.